The molecule has 138 valence electrons. The third-order valence-corrected chi connectivity index (χ3v) is 5.92. The zero-order chi connectivity index (χ0) is 18.8. The normalized spacial score (nSPS) is 16.0. The Hall–Kier alpha value is -2.53. The molecule has 1 atom stereocenters. The number of carbonyl (C=O) groups excluding carboxylic acids is 1. The number of nitrogens with one attached hydrogen (secondary N) is 1. The summed E-state index contributed by atoms with van der Waals surface area (Å²) in [5.74, 6) is -0.273. The van der Waals surface area contributed by atoms with E-state index in [4.69, 9.17) is 0 Å². The van der Waals surface area contributed by atoms with Crippen LogP contribution in [-0.4, -0.2) is 10.9 Å². The van der Waals surface area contributed by atoms with E-state index in [9.17, 15) is 9.18 Å². The quantitative estimate of drug-likeness (QED) is 0.692. The molecule has 1 aliphatic rings. The van der Waals surface area contributed by atoms with E-state index in [2.05, 4.69) is 28.5 Å². The Kier molecular flexibility index (Phi) is 5.03. The maximum Gasteiger partial charge on any atom is 0.225 e. The molecule has 5 heteroatoms. The molecule has 0 unspecified atom stereocenters. The first-order valence-electron chi connectivity index (χ1n) is 9.19. The van der Waals surface area contributed by atoms with E-state index < -0.39 is 0 Å². The molecule has 0 saturated carbocycles. The second-order valence-corrected chi connectivity index (χ2v) is 8.19. The lowest BCUT2D eigenvalue weighted by Crippen LogP contribution is -2.32. The number of hydrogen-bond donors (Lipinski definition) is 1. The first-order chi connectivity index (χ1) is 13.1. The number of fused-ring (bicyclic) bond motifs is 1. The third-order valence-electron chi connectivity index (χ3n) is 4.95. The molecular formula is C22H21FN2OS. The molecule has 0 aliphatic heterocycles. The van der Waals surface area contributed by atoms with Crippen LogP contribution in [0.2, 0.25) is 0 Å². The summed E-state index contributed by atoms with van der Waals surface area (Å²) in [6.45, 7) is 1.93. The van der Waals surface area contributed by atoms with Crippen molar-refractivity contribution in [2.24, 2.45) is 0 Å². The van der Waals surface area contributed by atoms with Gasteiger partial charge in [0, 0.05) is 10.4 Å². The Bertz CT molecular complexity index is 965. The molecule has 1 aliphatic carbocycles. The molecule has 0 spiro atoms. The highest BCUT2D eigenvalue weighted by molar-refractivity contribution is 7.12. The first kappa shape index (κ1) is 17.9. The number of amides is 1. The van der Waals surface area contributed by atoms with Gasteiger partial charge in [-0.15, -0.1) is 11.3 Å². The molecule has 3 aromatic rings. The minimum Gasteiger partial charge on any atom is -0.349 e. The molecule has 1 aromatic heterocycles. The van der Waals surface area contributed by atoms with Crippen LogP contribution >= 0.6 is 11.3 Å². The highest BCUT2D eigenvalue weighted by atomic mass is 32.1. The first-order valence-corrected chi connectivity index (χ1v) is 10.0. The average Bonchev–Trinajstić information content (AvgIpc) is 3.02. The van der Waals surface area contributed by atoms with Crippen LogP contribution in [0.15, 0.2) is 48.5 Å². The van der Waals surface area contributed by atoms with Crippen LogP contribution < -0.4 is 5.32 Å². The SMILES string of the molecule is Cc1nc(-c2ccc(F)cc2)c(CC(=O)N[C@H]2CCCc3ccccc32)s1. The van der Waals surface area contributed by atoms with Crippen LogP contribution in [-0.2, 0) is 17.6 Å². The number of benzene rings is 2. The predicted molar refractivity (Wildman–Crippen MR) is 106 cm³/mol. The Balaban J connectivity index is 1.52. The van der Waals surface area contributed by atoms with E-state index in [0.717, 1.165) is 40.4 Å². The maximum atomic E-state index is 13.2. The summed E-state index contributed by atoms with van der Waals surface area (Å²) in [7, 11) is 0. The van der Waals surface area contributed by atoms with Gasteiger partial charge in [0.25, 0.3) is 0 Å². The summed E-state index contributed by atoms with van der Waals surface area (Å²) in [6, 6.07) is 14.7. The number of carbonyl (C=O) groups is 1. The smallest absolute Gasteiger partial charge is 0.225 e. The molecule has 1 N–H and O–H groups in total. The van der Waals surface area contributed by atoms with Crippen LogP contribution in [0.4, 0.5) is 4.39 Å². The monoisotopic (exact) mass is 380 g/mol. The Morgan fingerprint density at radius 3 is 2.81 bits per heavy atom. The maximum absolute atomic E-state index is 13.2. The molecule has 4 rings (SSSR count). The van der Waals surface area contributed by atoms with Crippen LogP contribution in [0, 0.1) is 12.7 Å². The standard InChI is InChI=1S/C22H21FN2OS/c1-14-24-22(16-9-11-17(23)12-10-16)20(27-14)13-21(26)25-19-8-4-6-15-5-2-3-7-18(15)19/h2-3,5,7,9-12,19H,4,6,8,13H2,1H3,(H,25,26)/t19-/m0/s1. The largest absolute Gasteiger partial charge is 0.349 e. The number of hydrogen-bond acceptors (Lipinski definition) is 3. The molecule has 1 amide bonds. The van der Waals surface area contributed by atoms with Gasteiger partial charge in [-0.25, -0.2) is 9.37 Å². The summed E-state index contributed by atoms with van der Waals surface area (Å²) in [6.07, 6.45) is 3.42. The molecule has 3 nitrogen and oxygen atoms in total. The highest BCUT2D eigenvalue weighted by Crippen LogP contribution is 2.31. The minimum atomic E-state index is -0.277. The predicted octanol–water partition coefficient (Wildman–Crippen LogP) is 4.99. The molecular weight excluding hydrogens is 359 g/mol. The second-order valence-electron chi connectivity index (χ2n) is 6.90. The van der Waals surface area contributed by atoms with Gasteiger partial charge in [0.05, 0.1) is 23.2 Å². The molecule has 0 bridgehead atoms. The van der Waals surface area contributed by atoms with Crippen molar-refractivity contribution in [3.8, 4) is 11.3 Å². The minimum absolute atomic E-state index is 0.00344. The van der Waals surface area contributed by atoms with Gasteiger partial charge < -0.3 is 5.32 Å². The fourth-order valence-corrected chi connectivity index (χ4v) is 4.67. The van der Waals surface area contributed by atoms with Crippen molar-refractivity contribution in [1.29, 1.82) is 0 Å². The van der Waals surface area contributed by atoms with Crippen LogP contribution in [0.25, 0.3) is 11.3 Å². The van der Waals surface area contributed by atoms with Crippen molar-refractivity contribution in [3.63, 3.8) is 0 Å². The van der Waals surface area contributed by atoms with E-state index >= 15 is 0 Å². The van der Waals surface area contributed by atoms with E-state index in [1.165, 1.54) is 34.6 Å². The number of aromatic nitrogens is 1. The van der Waals surface area contributed by atoms with Gasteiger partial charge in [-0.3, -0.25) is 4.79 Å². The summed E-state index contributed by atoms with van der Waals surface area (Å²) in [5, 5.41) is 4.10. The van der Waals surface area contributed by atoms with Gasteiger partial charge in [-0.05, 0) is 61.6 Å². The van der Waals surface area contributed by atoms with E-state index in [1.807, 2.05) is 13.0 Å². The number of thiazole rings is 1. The van der Waals surface area contributed by atoms with Crippen LogP contribution in [0.5, 0.6) is 0 Å². The van der Waals surface area contributed by atoms with Gasteiger partial charge in [0.2, 0.25) is 5.91 Å². The topological polar surface area (TPSA) is 42.0 Å². The number of nitrogens with zero attached hydrogens (tertiary/aromatic N) is 1. The second kappa shape index (κ2) is 7.61. The van der Waals surface area contributed by atoms with Gasteiger partial charge >= 0.3 is 0 Å². The molecule has 27 heavy (non-hydrogen) atoms. The molecule has 1 heterocycles. The van der Waals surface area contributed by atoms with Crippen molar-refractivity contribution < 1.29 is 9.18 Å². The summed E-state index contributed by atoms with van der Waals surface area (Å²) in [4.78, 5) is 18.2. The van der Waals surface area contributed by atoms with E-state index in [1.54, 1.807) is 12.1 Å². The lowest BCUT2D eigenvalue weighted by Gasteiger charge is -2.26. The Morgan fingerprint density at radius 1 is 1.22 bits per heavy atom. The molecule has 0 radical (unpaired) electrons. The summed E-state index contributed by atoms with van der Waals surface area (Å²) >= 11 is 1.52. The lowest BCUT2D eigenvalue weighted by atomic mass is 9.87. The van der Waals surface area contributed by atoms with Gasteiger partial charge in [0.15, 0.2) is 0 Å². The summed E-state index contributed by atoms with van der Waals surface area (Å²) < 4.78 is 13.2. The van der Waals surface area contributed by atoms with E-state index in [-0.39, 0.29) is 24.2 Å². The van der Waals surface area contributed by atoms with Crippen LogP contribution in [0.3, 0.4) is 0 Å². The van der Waals surface area contributed by atoms with Crippen molar-refractivity contribution in [2.45, 2.75) is 38.6 Å². The molecule has 0 fully saturated rings. The van der Waals surface area contributed by atoms with Crippen molar-refractivity contribution in [3.05, 3.63) is 75.4 Å². The fraction of sp³-hybridized carbons (Fsp3) is 0.273. The van der Waals surface area contributed by atoms with E-state index in [0.29, 0.717) is 0 Å². The third kappa shape index (κ3) is 3.93. The fourth-order valence-electron chi connectivity index (χ4n) is 3.72. The zero-order valence-electron chi connectivity index (χ0n) is 15.2. The Morgan fingerprint density at radius 2 is 2.00 bits per heavy atom. The van der Waals surface area contributed by atoms with Gasteiger partial charge in [0.1, 0.15) is 5.82 Å². The number of aryl methyl sites for hydroxylation is 2. The lowest BCUT2D eigenvalue weighted by molar-refractivity contribution is -0.121. The molecule has 2 aromatic carbocycles. The number of halogens is 1. The average molecular weight is 380 g/mol. The van der Waals surface area contributed by atoms with Gasteiger partial charge in [-0.2, -0.15) is 0 Å². The highest BCUT2D eigenvalue weighted by Gasteiger charge is 2.22. The van der Waals surface area contributed by atoms with Crippen LogP contribution in [0.1, 0.15) is 39.9 Å². The van der Waals surface area contributed by atoms with Crippen molar-refractivity contribution in [1.82, 2.24) is 10.3 Å². The Labute approximate surface area is 162 Å². The van der Waals surface area contributed by atoms with Gasteiger partial charge in [-0.1, -0.05) is 24.3 Å². The van der Waals surface area contributed by atoms with Crippen molar-refractivity contribution >= 4 is 17.2 Å². The zero-order valence-corrected chi connectivity index (χ0v) is 16.0. The molecule has 0 saturated heterocycles. The number of rotatable bonds is 4. The summed E-state index contributed by atoms with van der Waals surface area (Å²) in [5.41, 5.74) is 4.18. The van der Waals surface area contributed by atoms with Crippen molar-refractivity contribution in [2.75, 3.05) is 0 Å².